The molecule has 0 aliphatic heterocycles. The molecule has 4 aromatic carbocycles. The van der Waals surface area contributed by atoms with Crippen molar-refractivity contribution in [1.29, 1.82) is 0 Å². The molecular formula is C26H25NO2. The van der Waals surface area contributed by atoms with Crippen LogP contribution in [0.5, 0.6) is 0 Å². The maximum Gasteiger partial charge on any atom is 0.354 e. The van der Waals surface area contributed by atoms with Crippen LogP contribution in [0.25, 0.3) is 43.2 Å². The Morgan fingerprint density at radius 2 is 1.69 bits per heavy atom. The van der Waals surface area contributed by atoms with Crippen LogP contribution in [0.1, 0.15) is 47.8 Å². The normalized spacial score (nSPS) is 12.0. The molecule has 0 amide bonds. The minimum absolute atomic E-state index is 0.331. The van der Waals surface area contributed by atoms with Crippen molar-refractivity contribution in [1.82, 2.24) is 4.98 Å². The number of aryl methyl sites for hydroxylation is 2. The summed E-state index contributed by atoms with van der Waals surface area (Å²) >= 11 is 0. The average molecular weight is 383 g/mol. The van der Waals surface area contributed by atoms with E-state index in [4.69, 9.17) is 4.74 Å². The summed E-state index contributed by atoms with van der Waals surface area (Å²) in [6.45, 7) is 4.36. The van der Waals surface area contributed by atoms with Crippen molar-refractivity contribution in [2.75, 3.05) is 7.11 Å². The van der Waals surface area contributed by atoms with Crippen molar-refractivity contribution in [3.05, 3.63) is 59.3 Å². The second-order valence-electron chi connectivity index (χ2n) is 8.14. The molecule has 0 aliphatic carbocycles. The van der Waals surface area contributed by atoms with Gasteiger partial charge < -0.3 is 9.72 Å². The predicted octanol–water partition coefficient (Wildman–Crippen LogP) is 6.89. The third kappa shape index (κ3) is 2.76. The number of ether oxygens (including phenoxy) is 1. The Hall–Kier alpha value is -3.07. The summed E-state index contributed by atoms with van der Waals surface area (Å²) in [4.78, 5) is 15.6. The van der Waals surface area contributed by atoms with Crippen molar-refractivity contribution in [3.8, 4) is 0 Å². The van der Waals surface area contributed by atoms with Gasteiger partial charge in [0.15, 0.2) is 0 Å². The fraction of sp³-hybridized carbons (Fsp3) is 0.269. The SMILES string of the molecule is CCCCCc1cc2ccc3cc(C)cc4c5cc(C(=O)OC)[nH]c5c(c1)c2c34. The van der Waals surface area contributed by atoms with Gasteiger partial charge >= 0.3 is 5.97 Å². The molecule has 5 rings (SSSR count). The van der Waals surface area contributed by atoms with E-state index in [1.165, 1.54) is 69.8 Å². The number of nitrogens with one attached hydrogen (secondary N) is 1. The molecule has 0 saturated heterocycles. The highest BCUT2D eigenvalue weighted by molar-refractivity contribution is 6.33. The predicted molar refractivity (Wildman–Crippen MR) is 121 cm³/mol. The number of unbranched alkanes of at least 4 members (excludes halogenated alkanes) is 2. The van der Waals surface area contributed by atoms with Crippen LogP contribution in [0.3, 0.4) is 0 Å². The van der Waals surface area contributed by atoms with Gasteiger partial charge in [0.05, 0.1) is 12.6 Å². The Bertz CT molecular complexity index is 1380. The van der Waals surface area contributed by atoms with Gasteiger partial charge in [-0.25, -0.2) is 4.79 Å². The van der Waals surface area contributed by atoms with Crippen LogP contribution in [0.2, 0.25) is 0 Å². The van der Waals surface area contributed by atoms with Gasteiger partial charge in [-0.1, -0.05) is 50.1 Å². The van der Waals surface area contributed by atoms with Gasteiger partial charge in [0, 0.05) is 10.8 Å². The molecule has 0 aliphatic rings. The highest BCUT2D eigenvalue weighted by atomic mass is 16.5. The average Bonchev–Trinajstić information content (AvgIpc) is 3.17. The molecule has 0 radical (unpaired) electrons. The molecule has 1 N–H and O–H groups in total. The first-order valence-electron chi connectivity index (χ1n) is 10.4. The van der Waals surface area contributed by atoms with Crippen LogP contribution in [-0.4, -0.2) is 18.1 Å². The van der Waals surface area contributed by atoms with Crippen molar-refractivity contribution in [3.63, 3.8) is 0 Å². The quantitative estimate of drug-likeness (QED) is 0.204. The van der Waals surface area contributed by atoms with Gasteiger partial charge in [-0.05, 0) is 70.0 Å². The standard InChI is InChI=1S/C26H25NO2/c1-4-5-6-7-16-12-18-9-8-17-10-15(2)11-19-20-14-22(26(28)29-3)27-25(20)21(13-16)24(18)23(17)19/h8-14,27H,4-7H2,1-3H3. The minimum Gasteiger partial charge on any atom is -0.464 e. The number of hydrogen-bond acceptors (Lipinski definition) is 2. The minimum atomic E-state index is -0.331. The highest BCUT2D eigenvalue weighted by Crippen LogP contribution is 2.42. The number of H-pyrrole nitrogens is 1. The first-order chi connectivity index (χ1) is 14.1. The van der Waals surface area contributed by atoms with Gasteiger partial charge in [-0.3, -0.25) is 0 Å². The number of carbonyl (C=O) groups is 1. The monoisotopic (exact) mass is 383 g/mol. The second kappa shape index (κ2) is 6.77. The lowest BCUT2D eigenvalue weighted by molar-refractivity contribution is 0.0595. The zero-order chi connectivity index (χ0) is 20.1. The van der Waals surface area contributed by atoms with E-state index in [9.17, 15) is 4.79 Å². The van der Waals surface area contributed by atoms with E-state index in [1.54, 1.807) is 0 Å². The Morgan fingerprint density at radius 1 is 0.931 bits per heavy atom. The molecule has 0 saturated carbocycles. The van der Waals surface area contributed by atoms with Gasteiger partial charge in [-0.2, -0.15) is 0 Å². The summed E-state index contributed by atoms with van der Waals surface area (Å²) in [5.41, 5.74) is 4.11. The van der Waals surface area contributed by atoms with Crippen LogP contribution in [0, 0.1) is 6.92 Å². The number of rotatable bonds is 5. The Labute approximate surface area is 170 Å². The summed E-state index contributed by atoms with van der Waals surface area (Å²) in [7, 11) is 1.42. The fourth-order valence-corrected chi connectivity index (χ4v) is 4.77. The van der Waals surface area contributed by atoms with Crippen molar-refractivity contribution in [2.24, 2.45) is 0 Å². The lowest BCUT2D eigenvalue weighted by Gasteiger charge is -2.15. The third-order valence-electron chi connectivity index (χ3n) is 6.09. The van der Waals surface area contributed by atoms with Crippen LogP contribution < -0.4 is 0 Å². The number of aromatic amines is 1. The Morgan fingerprint density at radius 3 is 2.45 bits per heavy atom. The zero-order valence-electron chi connectivity index (χ0n) is 17.2. The molecular weight excluding hydrogens is 358 g/mol. The maximum absolute atomic E-state index is 12.2. The van der Waals surface area contributed by atoms with E-state index in [1.807, 2.05) is 6.07 Å². The summed E-state index contributed by atoms with van der Waals surface area (Å²) in [6.07, 6.45) is 4.74. The summed E-state index contributed by atoms with van der Waals surface area (Å²) < 4.78 is 4.98. The Balaban J connectivity index is 1.91. The van der Waals surface area contributed by atoms with Gasteiger partial charge in [0.1, 0.15) is 5.69 Å². The van der Waals surface area contributed by atoms with Crippen LogP contribution in [0.15, 0.2) is 42.5 Å². The number of carbonyl (C=O) groups excluding carboxylic acids is 1. The highest BCUT2D eigenvalue weighted by Gasteiger charge is 2.18. The lowest BCUT2D eigenvalue weighted by Crippen LogP contribution is -2.00. The van der Waals surface area contributed by atoms with E-state index in [0.717, 1.165) is 17.3 Å². The number of benzene rings is 4. The summed E-state index contributed by atoms with van der Waals surface area (Å²) in [6, 6.07) is 15.5. The largest absolute Gasteiger partial charge is 0.464 e. The molecule has 29 heavy (non-hydrogen) atoms. The van der Waals surface area contributed by atoms with E-state index in [0.29, 0.717) is 5.69 Å². The molecule has 0 atom stereocenters. The summed E-state index contributed by atoms with van der Waals surface area (Å²) in [5, 5.41) is 8.56. The van der Waals surface area contributed by atoms with Gasteiger partial charge in [0.25, 0.3) is 0 Å². The number of aromatic nitrogens is 1. The molecule has 1 aromatic heterocycles. The van der Waals surface area contributed by atoms with Gasteiger partial charge in [0.2, 0.25) is 0 Å². The fourth-order valence-electron chi connectivity index (χ4n) is 4.77. The maximum atomic E-state index is 12.2. The zero-order valence-corrected chi connectivity index (χ0v) is 17.2. The van der Waals surface area contributed by atoms with Crippen molar-refractivity contribution in [2.45, 2.75) is 39.5 Å². The topological polar surface area (TPSA) is 42.1 Å². The molecule has 0 bridgehead atoms. The van der Waals surface area contributed by atoms with Crippen molar-refractivity contribution < 1.29 is 9.53 Å². The molecule has 0 unspecified atom stereocenters. The van der Waals surface area contributed by atoms with Crippen LogP contribution >= 0.6 is 0 Å². The van der Waals surface area contributed by atoms with Crippen LogP contribution in [0.4, 0.5) is 0 Å². The number of fused-ring (bicyclic) bond motifs is 3. The number of methoxy groups -OCH3 is 1. The van der Waals surface area contributed by atoms with Crippen LogP contribution in [-0.2, 0) is 11.2 Å². The van der Waals surface area contributed by atoms with Crippen molar-refractivity contribution >= 4 is 49.2 Å². The van der Waals surface area contributed by atoms with E-state index in [2.05, 4.69) is 55.2 Å². The van der Waals surface area contributed by atoms with E-state index < -0.39 is 0 Å². The molecule has 3 nitrogen and oxygen atoms in total. The van der Waals surface area contributed by atoms with Gasteiger partial charge in [-0.15, -0.1) is 0 Å². The molecule has 1 heterocycles. The van der Waals surface area contributed by atoms with E-state index >= 15 is 0 Å². The van der Waals surface area contributed by atoms with E-state index in [-0.39, 0.29) is 5.97 Å². The molecule has 146 valence electrons. The smallest absolute Gasteiger partial charge is 0.354 e. The first kappa shape index (κ1) is 18.0. The molecule has 5 aromatic rings. The number of esters is 1. The lowest BCUT2D eigenvalue weighted by atomic mass is 9.89. The third-order valence-corrected chi connectivity index (χ3v) is 6.09. The molecule has 0 spiro atoms. The molecule has 0 fully saturated rings. The Kier molecular flexibility index (Phi) is 4.20. The summed E-state index contributed by atoms with van der Waals surface area (Å²) in [5.74, 6) is -0.331. The molecule has 3 heteroatoms. The second-order valence-corrected chi connectivity index (χ2v) is 8.14. The first-order valence-corrected chi connectivity index (χ1v) is 10.4. The number of hydrogen-bond donors (Lipinski definition) is 1.